The molecule has 1 aromatic rings. The van der Waals surface area contributed by atoms with E-state index in [1.54, 1.807) is 24.3 Å². The standard InChI is InChI=1S/C11H12F2O2S/c12-10(13)7-16-9-4-1-8(2-5-9)3-6-11(14)15/h1-2,4-5,10H,3,6-7H2,(H,14,15). The number of carboxylic acid groups (broad SMARTS) is 1. The van der Waals surface area contributed by atoms with Crippen molar-refractivity contribution >= 4 is 17.7 Å². The van der Waals surface area contributed by atoms with E-state index in [2.05, 4.69) is 0 Å². The molecule has 16 heavy (non-hydrogen) atoms. The summed E-state index contributed by atoms with van der Waals surface area (Å²) in [4.78, 5) is 11.1. The molecule has 0 aromatic heterocycles. The Labute approximate surface area is 96.7 Å². The molecular formula is C11H12F2O2S. The predicted molar refractivity (Wildman–Crippen MR) is 59.1 cm³/mol. The second kappa shape index (κ2) is 6.48. The van der Waals surface area contributed by atoms with Gasteiger partial charge in [0.25, 0.3) is 0 Å². The van der Waals surface area contributed by atoms with E-state index in [0.717, 1.165) is 22.2 Å². The Morgan fingerprint density at radius 1 is 1.31 bits per heavy atom. The number of aliphatic carboxylic acids is 1. The van der Waals surface area contributed by atoms with E-state index in [0.29, 0.717) is 6.42 Å². The van der Waals surface area contributed by atoms with Crippen molar-refractivity contribution in [3.05, 3.63) is 29.8 Å². The summed E-state index contributed by atoms with van der Waals surface area (Å²) in [5.41, 5.74) is 0.906. The van der Waals surface area contributed by atoms with Crippen LogP contribution in [0.25, 0.3) is 0 Å². The highest BCUT2D eigenvalue weighted by Gasteiger charge is 2.04. The molecule has 1 N–H and O–H groups in total. The largest absolute Gasteiger partial charge is 0.481 e. The van der Waals surface area contributed by atoms with Crippen molar-refractivity contribution in [2.75, 3.05) is 5.75 Å². The van der Waals surface area contributed by atoms with E-state index in [4.69, 9.17) is 5.11 Å². The second-order valence-corrected chi connectivity index (χ2v) is 4.33. The van der Waals surface area contributed by atoms with Crippen LogP contribution in [-0.4, -0.2) is 23.3 Å². The molecule has 0 aliphatic heterocycles. The van der Waals surface area contributed by atoms with Gasteiger partial charge in [0.1, 0.15) is 0 Å². The zero-order valence-corrected chi connectivity index (χ0v) is 9.34. The van der Waals surface area contributed by atoms with Gasteiger partial charge in [-0.25, -0.2) is 8.78 Å². The molecule has 0 saturated carbocycles. The number of alkyl halides is 2. The van der Waals surface area contributed by atoms with E-state index >= 15 is 0 Å². The molecule has 0 spiro atoms. The van der Waals surface area contributed by atoms with Crippen molar-refractivity contribution in [3.63, 3.8) is 0 Å². The molecule has 1 aromatic carbocycles. The van der Waals surface area contributed by atoms with Gasteiger partial charge < -0.3 is 5.11 Å². The summed E-state index contributed by atoms with van der Waals surface area (Å²) < 4.78 is 23.8. The van der Waals surface area contributed by atoms with Crippen LogP contribution in [0.5, 0.6) is 0 Å². The number of aryl methyl sites for hydroxylation is 1. The summed E-state index contributed by atoms with van der Waals surface area (Å²) in [6.07, 6.45) is -1.75. The minimum absolute atomic E-state index is 0.0868. The SMILES string of the molecule is O=C(O)CCc1ccc(SCC(F)F)cc1. The number of rotatable bonds is 6. The third-order valence-electron chi connectivity index (χ3n) is 1.93. The summed E-state index contributed by atoms with van der Waals surface area (Å²) in [7, 11) is 0. The fourth-order valence-electron chi connectivity index (χ4n) is 1.16. The third kappa shape index (κ3) is 5.11. The minimum atomic E-state index is -2.31. The van der Waals surface area contributed by atoms with Gasteiger partial charge in [0, 0.05) is 11.3 Å². The maximum atomic E-state index is 11.9. The number of carbonyl (C=O) groups is 1. The highest BCUT2D eigenvalue weighted by molar-refractivity contribution is 7.99. The Morgan fingerprint density at radius 2 is 1.94 bits per heavy atom. The minimum Gasteiger partial charge on any atom is -0.481 e. The average Bonchev–Trinajstić information content (AvgIpc) is 2.25. The first-order valence-corrected chi connectivity index (χ1v) is 5.78. The molecule has 0 saturated heterocycles. The van der Waals surface area contributed by atoms with E-state index < -0.39 is 12.4 Å². The van der Waals surface area contributed by atoms with E-state index in [-0.39, 0.29) is 12.2 Å². The Balaban J connectivity index is 2.44. The van der Waals surface area contributed by atoms with Gasteiger partial charge in [0.15, 0.2) is 0 Å². The van der Waals surface area contributed by atoms with Gasteiger partial charge in [0.05, 0.1) is 5.75 Å². The van der Waals surface area contributed by atoms with Gasteiger partial charge in [-0.05, 0) is 24.1 Å². The average molecular weight is 246 g/mol. The normalized spacial score (nSPS) is 10.7. The van der Waals surface area contributed by atoms with Crippen LogP contribution in [0.15, 0.2) is 29.2 Å². The molecule has 2 nitrogen and oxygen atoms in total. The van der Waals surface area contributed by atoms with E-state index in [1.165, 1.54) is 0 Å². The molecule has 88 valence electrons. The van der Waals surface area contributed by atoms with Gasteiger partial charge in [-0.15, -0.1) is 11.8 Å². The van der Waals surface area contributed by atoms with E-state index in [1.807, 2.05) is 0 Å². The lowest BCUT2D eigenvalue weighted by Gasteiger charge is -2.02. The monoisotopic (exact) mass is 246 g/mol. The van der Waals surface area contributed by atoms with Crippen molar-refractivity contribution in [1.82, 2.24) is 0 Å². The molecule has 0 aliphatic carbocycles. The van der Waals surface area contributed by atoms with Crippen LogP contribution in [0.1, 0.15) is 12.0 Å². The first-order valence-electron chi connectivity index (χ1n) is 4.79. The summed E-state index contributed by atoms with van der Waals surface area (Å²) in [5.74, 6) is -1.05. The van der Waals surface area contributed by atoms with E-state index in [9.17, 15) is 13.6 Å². The Bertz CT molecular complexity index is 338. The van der Waals surface area contributed by atoms with Gasteiger partial charge in [-0.2, -0.15) is 0 Å². The van der Waals surface area contributed by atoms with Crippen molar-refractivity contribution in [1.29, 1.82) is 0 Å². The molecule has 0 atom stereocenters. The molecule has 0 fully saturated rings. The van der Waals surface area contributed by atoms with Crippen molar-refractivity contribution < 1.29 is 18.7 Å². The van der Waals surface area contributed by atoms with Crippen molar-refractivity contribution in [3.8, 4) is 0 Å². The van der Waals surface area contributed by atoms with Crippen molar-refractivity contribution in [2.24, 2.45) is 0 Å². The molecule has 0 amide bonds. The van der Waals surface area contributed by atoms with Crippen LogP contribution in [-0.2, 0) is 11.2 Å². The lowest BCUT2D eigenvalue weighted by atomic mass is 10.1. The molecule has 1 rings (SSSR count). The maximum absolute atomic E-state index is 11.9. The summed E-state index contributed by atoms with van der Waals surface area (Å²) in [6.45, 7) is 0. The van der Waals surface area contributed by atoms with Crippen molar-refractivity contribution in [2.45, 2.75) is 24.2 Å². The predicted octanol–water partition coefficient (Wildman–Crippen LogP) is 3.06. The van der Waals surface area contributed by atoms with Crippen LogP contribution in [0, 0.1) is 0 Å². The highest BCUT2D eigenvalue weighted by atomic mass is 32.2. The zero-order valence-electron chi connectivity index (χ0n) is 8.53. The smallest absolute Gasteiger partial charge is 0.303 e. The maximum Gasteiger partial charge on any atom is 0.303 e. The van der Waals surface area contributed by atoms with Gasteiger partial charge in [0.2, 0.25) is 6.43 Å². The fraction of sp³-hybridized carbons (Fsp3) is 0.364. The molecule has 0 unspecified atom stereocenters. The van der Waals surface area contributed by atoms with Crippen LogP contribution in [0.4, 0.5) is 8.78 Å². The number of benzene rings is 1. The van der Waals surface area contributed by atoms with Crippen LogP contribution < -0.4 is 0 Å². The lowest BCUT2D eigenvalue weighted by molar-refractivity contribution is -0.136. The summed E-state index contributed by atoms with van der Waals surface area (Å²) in [5, 5.41) is 8.49. The fourth-order valence-corrected chi connectivity index (χ4v) is 1.81. The molecule has 0 bridgehead atoms. The second-order valence-electron chi connectivity index (χ2n) is 3.24. The first kappa shape index (κ1) is 13.0. The number of thioether (sulfide) groups is 1. The quantitative estimate of drug-likeness (QED) is 0.784. The topological polar surface area (TPSA) is 37.3 Å². The first-order chi connectivity index (χ1) is 7.58. The van der Waals surface area contributed by atoms with Crippen LogP contribution in [0.2, 0.25) is 0 Å². The molecular weight excluding hydrogens is 234 g/mol. The molecule has 0 radical (unpaired) electrons. The van der Waals surface area contributed by atoms with Crippen LogP contribution in [0.3, 0.4) is 0 Å². The highest BCUT2D eigenvalue weighted by Crippen LogP contribution is 2.20. The zero-order chi connectivity index (χ0) is 12.0. The lowest BCUT2D eigenvalue weighted by Crippen LogP contribution is -1.97. The number of hydrogen-bond acceptors (Lipinski definition) is 2. The third-order valence-corrected chi connectivity index (χ3v) is 2.95. The van der Waals surface area contributed by atoms with Gasteiger partial charge >= 0.3 is 5.97 Å². The van der Waals surface area contributed by atoms with Crippen LogP contribution >= 0.6 is 11.8 Å². The number of hydrogen-bond donors (Lipinski definition) is 1. The Kier molecular flexibility index (Phi) is 5.25. The summed E-state index contributed by atoms with van der Waals surface area (Å²) >= 11 is 1.10. The van der Waals surface area contributed by atoms with Gasteiger partial charge in [-0.3, -0.25) is 4.79 Å². The molecule has 5 heteroatoms. The number of carboxylic acids is 1. The molecule has 0 aliphatic rings. The Morgan fingerprint density at radius 3 is 2.44 bits per heavy atom. The molecule has 0 heterocycles. The Hall–Kier alpha value is -1.10. The van der Waals surface area contributed by atoms with Gasteiger partial charge in [-0.1, -0.05) is 12.1 Å². The summed E-state index contributed by atoms with van der Waals surface area (Å²) in [6, 6.07) is 7.03. The number of halogens is 2.